The summed E-state index contributed by atoms with van der Waals surface area (Å²) >= 11 is 0. The Balaban J connectivity index is 1.94. The second-order valence-corrected chi connectivity index (χ2v) is 5.29. The van der Waals surface area contributed by atoms with Crippen LogP contribution in [0.4, 0.5) is 11.4 Å². The van der Waals surface area contributed by atoms with Crippen molar-refractivity contribution in [2.24, 2.45) is 0 Å². The Labute approximate surface area is 143 Å². The van der Waals surface area contributed by atoms with Crippen LogP contribution in [0.3, 0.4) is 0 Å². The third kappa shape index (κ3) is 4.62. The van der Waals surface area contributed by atoms with Crippen LogP contribution in [0.2, 0.25) is 0 Å². The molecule has 2 rings (SSSR count). The van der Waals surface area contributed by atoms with Crippen molar-refractivity contribution in [3.8, 4) is 5.75 Å². The van der Waals surface area contributed by atoms with Crippen LogP contribution >= 0.6 is 0 Å². The summed E-state index contributed by atoms with van der Waals surface area (Å²) in [4.78, 5) is 14.4. The molecular formula is C20H24N2O2. The average molecular weight is 324 g/mol. The largest absolute Gasteiger partial charge is 0.497 e. The maximum absolute atomic E-state index is 12.1. The Kier molecular flexibility index (Phi) is 6.43. The number of hydrogen-bond donors (Lipinski definition) is 1. The number of methoxy groups -OCH3 is 1. The van der Waals surface area contributed by atoms with Crippen molar-refractivity contribution >= 4 is 17.2 Å². The Morgan fingerprint density at radius 2 is 1.67 bits per heavy atom. The highest BCUT2D eigenvalue weighted by molar-refractivity contribution is 6.04. The molecular weight excluding hydrogens is 300 g/mol. The maximum atomic E-state index is 12.1. The van der Waals surface area contributed by atoms with E-state index in [0.29, 0.717) is 5.56 Å². The zero-order valence-electron chi connectivity index (χ0n) is 14.5. The van der Waals surface area contributed by atoms with Crippen molar-refractivity contribution in [2.45, 2.75) is 13.8 Å². The van der Waals surface area contributed by atoms with Crippen LogP contribution in [0.1, 0.15) is 24.2 Å². The number of carbonyl (C=O) groups excluding carboxylic acids is 1. The molecule has 0 bridgehead atoms. The minimum atomic E-state index is -0.0510. The molecule has 0 atom stereocenters. The van der Waals surface area contributed by atoms with E-state index in [-0.39, 0.29) is 5.78 Å². The molecule has 0 aromatic heterocycles. The fourth-order valence-electron chi connectivity index (χ4n) is 2.42. The summed E-state index contributed by atoms with van der Waals surface area (Å²) in [5.74, 6) is 0.687. The van der Waals surface area contributed by atoms with Crippen LogP contribution in [0.15, 0.2) is 60.8 Å². The number of anilines is 2. The summed E-state index contributed by atoms with van der Waals surface area (Å²) < 4.78 is 5.09. The first-order valence-electron chi connectivity index (χ1n) is 8.14. The number of carbonyl (C=O) groups is 1. The van der Waals surface area contributed by atoms with Gasteiger partial charge in [-0.15, -0.1) is 0 Å². The van der Waals surface area contributed by atoms with E-state index in [0.717, 1.165) is 24.5 Å². The van der Waals surface area contributed by atoms with Gasteiger partial charge in [0.15, 0.2) is 5.78 Å². The minimum Gasteiger partial charge on any atom is -0.497 e. The lowest BCUT2D eigenvalue weighted by Gasteiger charge is -2.21. The van der Waals surface area contributed by atoms with Gasteiger partial charge in [-0.1, -0.05) is 0 Å². The molecule has 0 heterocycles. The van der Waals surface area contributed by atoms with E-state index in [4.69, 9.17) is 4.74 Å². The summed E-state index contributed by atoms with van der Waals surface area (Å²) in [7, 11) is 1.60. The van der Waals surface area contributed by atoms with Gasteiger partial charge in [-0.2, -0.15) is 0 Å². The predicted octanol–water partition coefficient (Wildman–Crippen LogP) is 4.35. The molecule has 126 valence electrons. The predicted molar refractivity (Wildman–Crippen MR) is 100 cm³/mol. The second-order valence-electron chi connectivity index (χ2n) is 5.29. The van der Waals surface area contributed by atoms with Crippen molar-refractivity contribution in [1.29, 1.82) is 0 Å². The highest BCUT2D eigenvalue weighted by Gasteiger charge is 2.02. The van der Waals surface area contributed by atoms with Crippen molar-refractivity contribution < 1.29 is 9.53 Å². The first-order chi connectivity index (χ1) is 11.7. The zero-order chi connectivity index (χ0) is 17.4. The van der Waals surface area contributed by atoms with Crippen LogP contribution in [0, 0.1) is 0 Å². The molecule has 0 spiro atoms. The van der Waals surface area contributed by atoms with Crippen molar-refractivity contribution in [2.75, 3.05) is 30.4 Å². The molecule has 0 amide bonds. The first-order valence-corrected chi connectivity index (χ1v) is 8.14. The van der Waals surface area contributed by atoms with Crippen molar-refractivity contribution in [1.82, 2.24) is 0 Å². The first kappa shape index (κ1) is 17.6. The second kappa shape index (κ2) is 8.77. The van der Waals surface area contributed by atoms with Crippen LogP contribution in [0.5, 0.6) is 5.75 Å². The molecule has 1 N–H and O–H groups in total. The van der Waals surface area contributed by atoms with Gasteiger partial charge in [0.25, 0.3) is 0 Å². The van der Waals surface area contributed by atoms with Crippen LogP contribution in [-0.2, 0) is 0 Å². The summed E-state index contributed by atoms with van der Waals surface area (Å²) in [6.07, 6.45) is 3.19. The molecule has 2 aromatic carbocycles. The lowest BCUT2D eigenvalue weighted by molar-refractivity contribution is 0.104. The van der Waals surface area contributed by atoms with Gasteiger partial charge in [0.2, 0.25) is 0 Å². The number of hydrogen-bond acceptors (Lipinski definition) is 4. The molecule has 0 aliphatic heterocycles. The molecule has 0 fully saturated rings. The molecule has 4 heteroatoms. The Bertz CT molecular complexity index is 672. The number of benzene rings is 2. The number of ketones is 1. The SMILES string of the molecule is CCN(CC)c1ccc(N/C=C/C(=O)c2ccc(OC)cc2)cc1. The van der Waals surface area contributed by atoms with E-state index in [1.54, 1.807) is 37.6 Å². The molecule has 0 aliphatic rings. The normalized spacial score (nSPS) is 10.6. The van der Waals surface area contributed by atoms with E-state index in [1.807, 2.05) is 12.1 Å². The lowest BCUT2D eigenvalue weighted by Crippen LogP contribution is -2.21. The van der Waals surface area contributed by atoms with Gasteiger partial charge in [0.05, 0.1) is 7.11 Å². The van der Waals surface area contributed by atoms with Gasteiger partial charge in [0.1, 0.15) is 5.75 Å². The molecule has 0 aliphatic carbocycles. The standard InChI is InChI=1S/C20H24N2O2/c1-4-22(5-2)18-10-8-17(9-11-18)21-15-14-20(23)16-6-12-19(24-3)13-7-16/h6-15,21H,4-5H2,1-3H3/b15-14+. The van der Waals surface area contributed by atoms with E-state index < -0.39 is 0 Å². The number of allylic oxidation sites excluding steroid dienone is 1. The maximum Gasteiger partial charge on any atom is 0.187 e. The van der Waals surface area contributed by atoms with Gasteiger partial charge in [-0.3, -0.25) is 4.79 Å². The Hall–Kier alpha value is -2.75. The number of nitrogens with one attached hydrogen (secondary N) is 1. The number of rotatable bonds is 8. The number of nitrogens with zero attached hydrogens (tertiary/aromatic N) is 1. The molecule has 4 nitrogen and oxygen atoms in total. The highest BCUT2D eigenvalue weighted by Crippen LogP contribution is 2.18. The number of ether oxygens (including phenoxy) is 1. The van der Waals surface area contributed by atoms with Crippen molar-refractivity contribution in [3.63, 3.8) is 0 Å². The highest BCUT2D eigenvalue weighted by atomic mass is 16.5. The minimum absolute atomic E-state index is 0.0510. The fraction of sp³-hybridized carbons (Fsp3) is 0.250. The topological polar surface area (TPSA) is 41.6 Å². The Morgan fingerprint density at radius 3 is 2.21 bits per heavy atom. The molecule has 0 saturated carbocycles. The Morgan fingerprint density at radius 1 is 1.04 bits per heavy atom. The van der Waals surface area contributed by atoms with E-state index in [9.17, 15) is 4.79 Å². The molecule has 0 unspecified atom stereocenters. The summed E-state index contributed by atoms with van der Waals surface area (Å²) in [6, 6.07) is 15.2. The lowest BCUT2D eigenvalue weighted by atomic mass is 10.1. The van der Waals surface area contributed by atoms with Gasteiger partial charge in [-0.05, 0) is 62.4 Å². The fourth-order valence-corrected chi connectivity index (χ4v) is 2.42. The van der Waals surface area contributed by atoms with Gasteiger partial charge >= 0.3 is 0 Å². The molecule has 2 aromatic rings. The van der Waals surface area contributed by atoms with E-state index >= 15 is 0 Å². The quantitative estimate of drug-likeness (QED) is 0.579. The third-order valence-electron chi connectivity index (χ3n) is 3.86. The molecule has 0 radical (unpaired) electrons. The smallest absolute Gasteiger partial charge is 0.187 e. The van der Waals surface area contributed by atoms with E-state index in [1.165, 1.54) is 11.8 Å². The average Bonchev–Trinajstić information content (AvgIpc) is 2.64. The van der Waals surface area contributed by atoms with Crippen LogP contribution in [-0.4, -0.2) is 26.0 Å². The van der Waals surface area contributed by atoms with Crippen LogP contribution < -0.4 is 15.0 Å². The molecule has 24 heavy (non-hydrogen) atoms. The van der Waals surface area contributed by atoms with Crippen molar-refractivity contribution in [3.05, 3.63) is 66.4 Å². The van der Waals surface area contributed by atoms with Crippen LogP contribution in [0.25, 0.3) is 0 Å². The summed E-state index contributed by atoms with van der Waals surface area (Å²) in [5.41, 5.74) is 2.78. The van der Waals surface area contributed by atoms with Gasteiger partial charge in [-0.25, -0.2) is 0 Å². The monoisotopic (exact) mass is 324 g/mol. The van der Waals surface area contributed by atoms with Gasteiger partial charge in [0, 0.05) is 42.3 Å². The summed E-state index contributed by atoms with van der Waals surface area (Å²) in [5, 5.41) is 3.13. The summed E-state index contributed by atoms with van der Waals surface area (Å²) in [6.45, 7) is 6.26. The third-order valence-corrected chi connectivity index (χ3v) is 3.86. The van der Waals surface area contributed by atoms with Gasteiger partial charge < -0.3 is 15.0 Å². The zero-order valence-corrected chi connectivity index (χ0v) is 14.5. The van der Waals surface area contributed by atoms with E-state index in [2.05, 4.69) is 36.2 Å². The molecule has 0 saturated heterocycles.